The quantitative estimate of drug-likeness (QED) is 0.304. The zero-order valence-electron chi connectivity index (χ0n) is 24.5. The highest BCUT2D eigenvalue weighted by Gasteiger charge is 2.33. The summed E-state index contributed by atoms with van der Waals surface area (Å²) in [5.74, 6) is 0.0387. The van der Waals surface area contributed by atoms with E-state index < -0.39 is 35.7 Å². The minimum absolute atomic E-state index is 0.0538. The number of ether oxygens (including phenoxy) is 1. The number of fused-ring (bicyclic) bond motifs is 1. The number of anilines is 1. The van der Waals surface area contributed by atoms with Crippen molar-refractivity contribution in [3.63, 3.8) is 0 Å². The molecule has 2 N–H and O–H groups in total. The van der Waals surface area contributed by atoms with Gasteiger partial charge in [0.15, 0.2) is 0 Å². The molecule has 2 atom stereocenters. The van der Waals surface area contributed by atoms with Crippen LogP contribution in [0.1, 0.15) is 53.3 Å². The molecule has 0 bridgehead atoms. The van der Waals surface area contributed by atoms with Gasteiger partial charge in [-0.3, -0.25) is 9.69 Å². The van der Waals surface area contributed by atoms with Crippen molar-refractivity contribution in [3.05, 3.63) is 24.0 Å². The second-order valence-electron chi connectivity index (χ2n) is 11.3. The first-order chi connectivity index (χ1) is 18.7. The molecule has 0 radical (unpaired) electrons. The summed E-state index contributed by atoms with van der Waals surface area (Å²) in [6.45, 7) is 10.3. The second-order valence-corrected chi connectivity index (χ2v) is 12.1. The average Bonchev–Trinajstić information content (AvgIpc) is 3.16. The van der Waals surface area contributed by atoms with Crippen molar-refractivity contribution in [2.45, 2.75) is 71.6 Å². The summed E-state index contributed by atoms with van der Waals surface area (Å²) in [6, 6.07) is 3.93. The van der Waals surface area contributed by atoms with E-state index in [1.807, 2.05) is 43.7 Å². The number of carbonyl (C=O) groups is 3. The van der Waals surface area contributed by atoms with Crippen LogP contribution in [0.3, 0.4) is 0 Å². The Balaban J connectivity index is 2.34. The second kappa shape index (κ2) is 14.8. The lowest BCUT2D eigenvalue weighted by molar-refractivity contribution is -0.143. The number of alkyl halides is 2. The molecule has 2 amide bonds. The van der Waals surface area contributed by atoms with Crippen LogP contribution in [0.5, 0.6) is 0 Å². The number of aromatic nitrogens is 2. The van der Waals surface area contributed by atoms with Gasteiger partial charge in [-0.05, 0) is 57.7 Å². The van der Waals surface area contributed by atoms with Gasteiger partial charge in [-0.25, -0.2) is 14.6 Å². The molecule has 224 valence electrons. The molecule has 1 heterocycles. The number of aliphatic carboxylic acids is 1. The minimum atomic E-state index is -1.12. The Kier molecular flexibility index (Phi) is 12.4. The number of amides is 2. The number of likely N-dealkylation sites (N-methyl/N-ethyl adjacent to an activating group) is 1. The summed E-state index contributed by atoms with van der Waals surface area (Å²) >= 11 is 12.0. The van der Waals surface area contributed by atoms with Gasteiger partial charge >= 0.3 is 12.1 Å². The maximum absolute atomic E-state index is 13.4. The third kappa shape index (κ3) is 9.44. The fourth-order valence-electron chi connectivity index (χ4n) is 4.42. The lowest BCUT2D eigenvalue weighted by Crippen LogP contribution is -2.53. The summed E-state index contributed by atoms with van der Waals surface area (Å²) in [7, 11) is 3.38. The van der Waals surface area contributed by atoms with E-state index in [1.54, 1.807) is 20.8 Å². The van der Waals surface area contributed by atoms with Crippen molar-refractivity contribution < 1.29 is 24.2 Å². The number of nitrogens with zero attached hydrogens (tertiary/aromatic N) is 4. The van der Waals surface area contributed by atoms with E-state index in [0.29, 0.717) is 31.3 Å². The van der Waals surface area contributed by atoms with Crippen molar-refractivity contribution in [2.75, 3.05) is 36.8 Å². The molecule has 0 saturated heterocycles. The Morgan fingerprint density at radius 1 is 1.15 bits per heavy atom. The predicted molar refractivity (Wildman–Crippen MR) is 159 cm³/mol. The molecule has 2 aromatic rings. The van der Waals surface area contributed by atoms with Gasteiger partial charge in [-0.2, -0.15) is 0 Å². The lowest BCUT2D eigenvalue weighted by atomic mass is 10.0. The molecule has 1 aromatic carbocycles. The Morgan fingerprint density at radius 2 is 1.77 bits per heavy atom. The largest absolute Gasteiger partial charge is 0.480 e. The number of nitrogens with one attached hydrogen (secondary N) is 1. The number of carboxylic acids is 1. The molecule has 0 fully saturated rings. The molecule has 0 aliphatic heterocycles. The zero-order chi connectivity index (χ0) is 30.2. The van der Waals surface area contributed by atoms with Crippen LogP contribution in [0.25, 0.3) is 11.0 Å². The Bertz CT molecular complexity index is 1160. The van der Waals surface area contributed by atoms with Gasteiger partial charge in [-0.15, -0.1) is 23.2 Å². The number of benzene rings is 1. The van der Waals surface area contributed by atoms with E-state index in [2.05, 4.69) is 10.2 Å². The summed E-state index contributed by atoms with van der Waals surface area (Å²) < 4.78 is 7.45. The van der Waals surface area contributed by atoms with E-state index in [1.165, 1.54) is 11.9 Å². The van der Waals surface area contributed by atoms with Crippen LogP contribution in [0.4, 0.5) is 10.5 Å². The van der Waals surface area contributed by atoms with Crippen molar-refractivity contribution in [1.82, 2.24) is 19.8 Å². The first kappa shape index (κ1) is 33.5. The number of hydrogen-bond donors (Lipinski definition) is 2. The molecular weight excluding hydrogens is 557 g/mol. The Morgan fingerprint density at radius 3 is 2.30 bits per heavy atom. The normalized spacial score (nSPS) is 13.2. The van der Waals surface area contributed by atoms with E-state index in [-0.39, 0.29) is 18.8 Å². The molecule has 0 unspecified atom stereocenters. The number of aryl methyl sites for hydroxylation is 2. The fourth-order valence-corrected chi connectivity index (χ4v) is 4.83. The number of carboxylic acid groups (broad SMARTS) is 1. The topological polar surface area (TPSA) is 117 Å². The predicted octanol–water partition coefficient (Wildman–Crippen LogP) is 4.64. The van der Waals surface area contributed by atoms with Crippen molar-refractivity contribution >= 4 is 57.9 Å². The molecule has 0 spiro atoms. The van der Waals surface area contributed by atoms with E-state index in [0.717, 1.165) is 22.5 Å². The van der Waals surface area contributed by atoms with Crippen molar-refractivity contribution in [2.24, 2.45) is 13.0 Å². The van der Waals surface area contributed by atoms with E-state index in [9.17, 15) is 19.5 Å². The molecule has 2 rings (SSSR count). The van der Waals surface area contributed by atoms with Crippen LogP contribution in [0.2, 0.25) is 0 Å². The molecule has 0 aliphatic carbocycles. The highest BCUT2D eigenvalue weighted by Crippen LogP contribution is 2.24. The lowest BCUT2D eigenvalue weighted by Gasteiger charge is -2.31. The monoisotopic (exact) mass is 599 g/mol. The molecular formula is C28H43Cl2N5O5. The number of rotatable bonds is 14. The summed E-state index contributed by atoms with van der Waals surface area (Å²) in [5, 5.41) is 12.3. The van der Waals surface area contributed by atoms with Gasteiger partial charge in [0.2, 0.25) is 5.91 Å². The van der Waals surface area contributed by atoms with Crippen LogP contribution in [0, 0.1) is 5.92 Å². The van der Waals surface area contributed by atoms with Crippen LogP contribution >= 0.6 is 23.2 Å². The number of carbonyl (C=O) groups excluding carboxylic acids is 2. The highest BCUT2D eigenvalue weighted by molar-refractivity contribution is 6.18. The van der Waals surface area contributed by atoms with Crippen molar-refractivity contribution in [1.29, 1.82) is 0 Å². The Labute approximate surface area is 246 Å². The standard InChI is InChI=1S/C28H43Cl2N5O5/c1-18(2)16-21(26(37)38)32-25(36)23(34(7)27(39)40-28(3,4)5)10-11-24-31-20-17-19(8-9-22(20)33(24)6)35(14-12-29)15-13-30/h8-9,17-18,21,23H,10-16H2,1-7H3,(H,32,36)(H,37,38)/t21-,23-/m0/s1. The van der Waals surface area contributed by atoms with Crippen LogP contribution in [-0.2, 0) is 27.8 Å². The molecule has 12 heteroatoms. The maximum atomic E-state index is 13.4. The number of halogens is 2. The van der Waals surface area contributed by atoms with Gasteiger partial charge in [-0.1, -0.05) is 13.8 Å². The van der Waals surface area contributed by atoms with Crippen molar-refractivity contribution in [3.8, 4) is 0 Å². The van der Waals surface area contributed by atoms with Gasteiger partial charge in [0, 0.05) is 51.1 Å². The third-order valence-corrected chi connectivity index (χ3v) is 6.78. The summed E-state index contributed by atoms with van der Waals surface area (Å²) in [5.41, 5.74) is 1.90. The third-order valence-electron chi connectivity index (χ3n) is 6.45. The summed E-state index contributed by atoms with van der Waals surface area (Å²) in [6.07, 6.45) is 0.170. The smallest absolute Gasteiger partial charge is 0.410 e. The van der Waals surface area contributed by atoms with Gasteiger partial charge in [0.25, 0.3) is 0 Å². The first-order valence-corrected chi connectivity index (χ1v) is 14.6. The minimum Gasteiger partial charge on any atom is -0.480 e. The first-order valence-electron chi connectivity index (χ1n) is 13.5. The molecule has 40 heavy (non-hydrogen) atoms. The molecule has 1 aromatic heterocycles. The van der Waals surface area contributed by atoms with Gasteiger partial charge < -0.3 is 24.6 Å². The zero-order valence-corrected chi connectivity index (χ0v) is 26.1. The molecule has 10 nitrogen and oxygen atoms in total. The average molecular weight is 601 g/mol. The molecule has 0 saturated carbocycles. The van der Waals surface area contributed by atoms with Crippen LogP contribution in [-0.4, -0.2) is 87.1 Å². The SMILES string of the molecule is CC(C)C[C@H](NC(=O)[C@H](CCc1nc2cc(N(CCCl)CCCl)ccc2n1C)N(C)C(=O)OC(C)(C)C)C(=O)O. The number of imidazole rings is 1. The number of hydrogen-bond acceptors (Lipinski definition) is 6. The Hall–Kier alpha value is -2.72. The van der Waals surface area contributed by atoms with Crippen LogP contribution in [0.15, 0.2) is 18.2 Å². The highest BCUT2D eigenvalue weighted by atomic mass is 35.5. The van der Waals surface area contributed by atoms with Gasteiger partial charge in [0.1, 0.15) is 23.5 Å². The van der Waals surface area contributed by atoms with Gasteiger partial charge in [0.05, 0.1) is 11.0 Å². The van der Waals surface area contributed by atoms with E-state index >= 15 is 0 Å². The molecule has 0 aliphatic rings. The maximum Gasteiger partial charge on any atom is 0.410 e. The van der Waals surface area contributed by atoms with E-state index in [4.69, 9.17) is 32.9 Å². The fraction of sp³-hybridized carbons (Fsp3) is 0.643. The summed E-state index contributed by atoms with van der Waals surface area (Å²) in [4.78, 5) is 46.2. The van der Waals surface area contributed by atoms with Crippen LogP contribution < -0.4 is 10.2 Å².